The number of aliphatic hydroxyl groups is 1. The van der Waals surface area contributed by atoms with Gasteiger partial charge in [-0.3, -0.25) is 4.98 Å². The number of pyridine rings is 1. The SMILES string of the molecule is Cc1nc(C(O)C(F)F)c(-c2c(-c3cccc(C#N)c3F)nc(N)c3nc(Cc4ccccn4)nn23)o1. The Morgan fingerprint density at radius 1 is 1.16 bits per heavy atom. The molecule has 1 aromatic carbocycles. The number of hydrogen-bond acceptors (Lipinski definition) is 9. The van der Waals surface area contributed by atoms with Crippen LogP contribution in [0.2, 0.25) is 0 Å². The summed E-state index contributed by atoms with van der Waals surface area (Å²) in [5.41, 5.74) is 5.59. The first-order chi connectivity index (χ1) is 17.8. The van der Waals surface area contributed by atoms with Gasteiger partial charge in [0.05, 0.1) is 12.0 Å². The highest BCUT2D eigenvalue weighted by molar-refractivity contribution is 5.82. The van der Waals surface area contributed by atoms with Crippen molar-refractivity contribution in [3.05, 3.63) is 77.1 Å². The Balaban J connectivity index is 1.84. The Morgan fingerprint density at radius 3 is 2.68 bits per heavy atom. The molecule has 0 aliphatic carbocycles. The minimum atomic E-state index is -3.20. The van der Waals surface area contributed by atoms with Crippen molar-refractivity contribution < 1.29 is 22.7 Å². The lowest BCUT2D eigenvalue weighted by Gasteiger charge is -2.14. The molecule has 0 aliphatic rings. The van der Waals surface area contributed by atoms with E-state index in [1.54, 1.807) is 30.5 Å². The second-order valence-electron chi connectivity index (χ2n) is 7.96. The first-order valence-electron chi connectivity index (χ1n) is 10.9. The summed E-state index contributed by atoms with van der Waals surface area (Å²) in [6.07, 6.45) is -3.72. The van der Waals surface area contributed by atoms with Crippen molar-refractivity contribution in [3.63, 3.8) is 0 Å². The molecule has 37 heavy (non-hydrogen) atoms. The Labute approximate surface area is 206 Å². The van der Waals surface area contributed by atoms with E-state index < -0.39 is 24.0 Å². The maximum Gasteiger partial charge on any atom is 0.269 e. The third-order valence-electron chi connectivity index (χ3n) is 5.48. The average molecular weight is 506 g/mol. The molecule has 0 fully saturated rings. The van der Waals surface area contributed by atoms with Crippen LogP contribution in [0, 0.1) is 24.1 Å². The van der Waals surface area contributed by atoms with E-state index in [1.165, 1.54) is 29.6 Å². The van der Waals surface area contributed by atoms with Gasteiger partial charge < -0.3 is 15.3 Å². The minimum absolute atomic E-state index is 0.0352. The molecule has 10 nitrogen and oxygen atoms in total. The van der Waals surface area contributed by atoms with E-state index in [0.29, 0.717) is 5.69 Å². The summed E-state index contributed by atoms with van der Waals surface area (Å²) < 4.78 is 49.2. The lowest BCUT2D eigenvalue weighted by atomic mass is 10.0. The number of benzene rings is 1. The molecule has 1 atom stereocenters. The third-order valence-corrected chi connectivity index (χ3v) is 5.48. The van der Waals surface area contributed by atoms with Gasteiger partial charge in [0.25, 0.3) is 6.43 Å². The van der Waals surface area contributed by atoms with Crippen LogP contribution in [0.4, 0.5) is 19.0 Å². The van der Waals surface area contributed by atoms with Crippen molar-refractivity contribution in [1.82, 2.24) is 29.5 Å². The van der Waals surface area contributed by atoms with Crippen molar-refractivity contribution in [2.45, 2.75) is 25.9 Å². The fourth-order valence-electron chi connectivity index (χ4n) is 3.87. The number of alkyl halides is 2. The second kappa shape index (κ2) is 9.32. The average Bonchev–Trinajstić information content (AvgIpc) is 3.48. The number of aromatic nitrogens is 6. The Morgan fingerprint density at radius 2 is 1.97 bits per heavy atom. The molecule has 5 aromatic rings. The highest BCUT2D eigenvalue weighted by Gasteiger charge is 2.33. The molecule has 0 spiro atoms. The zero-order valence-electron chi connectivity index (χ0n) is 19.1. The van der Waals surface area contributed by atoms with E-state index in [2.05, 4.69) is 25.0 Å². The Bertz CT molecular complexity index is 1660. The standard InChI is InChI=1S/C24H17F3N8O2/c1-11-31-18(20(36)22(26)27)21(37-11)19-17(14-7-4-5-12(10-28)16(14)25)33-23(29)24-32-15(34-35(19)24)9-13-6-2-3-8-30-13/h2-8,20,22,36H,9H2,1H3,(H2,29,33). The number of nitrogen functional groups attached to an aromatic ring is 1. The topological polar surface area (TPSA) is 152 Å². The fraction of sp³-hybridized carbons (Fsp3) is 0.167. The molecule has 5 rings (SSSR count). The molecule has 3 N–H and O–H groups in total. The molecule has 1 unspecified atom stereocenters. The highest BCUT2D eigenvalue weighted by Crippen LogP contribution is 2.39. The quantitative estimate of drug-likeness (QED) is 0.352. The van der Waals surface area contributed by atoms with E-state index in [-0.39, 0.29) is 57.9 Å². The number of nitrogens with two attached hydrogens (primary N) is 1. The minimum Gasteiger partial charge on any atom is -0.439 e. The third kappa shape index (κ3) is 4.23. The van der Waals surface area contributed by atoms with Gasteiger partial charge in [-0.2, -0.15) is 5.26 Å². The van der Waals surface area contributed by atoms with Crippen molar-refractivity contribution in [3.8, 4) is 28.8 Å². The van der Waals surface area contributed by atoms with Crippen molar-refractivity contribution >= 4 is 11.5 Å². The second-order valence-corrected chi connectivity index (χ2v) is 7.96. The molecule has 4 heterocycles. The summed E-state index contributed by atoms with van der Waals surface area (Å²) in [4.78, 5) is 16.9. The maximum atomic E-state index is 15.3. The zero-order chi connectivity index (χ0) is 26.3. The van der Waals surface area contributed by atoms with E-state index in [0.717, 1.165) is 0 Å². The largest absolute Gasteiger partial charge is 0.439 e. The Hall–Kier alpha value is -4.83. The number of anilines is 1. The van der Waals surface area contributed by atoms with Crippen LogP contribution < -0.4 is 5.73 Å². The number of aryl methyl sites for hydroxylation is 1. The van der Waals surface area contributed by atoms with Gasteiger partial charge in [0, 0.05) is 24.4 Å². The molecule has 0 radical (unpaired) electrons. The van der Waals surface area contributed by atoms with Crippen LogP contribution in [0.3, 0.4) is 0 Å². The first kappa shape index (κ1) is 23.9. The van der Waals surface area contributed by atoms with Crippen LogP contribution >= 0.6 is 0 Å². The lowest BCUT2D eigenvalue weighted by Crippen LogP contribution is -2.12. The van der Waals surface area contributed by atoms with Crippen LogP contribution in [0.5, 0.6) is 0 Å². The van der Waals surface area contributed by atoms with Crippen LogP contribution in [-0.4, -0.2) is 41.1 Å². The first-order valence-corrected chi connectivity index (χ1v) is 10.9. The molecule has 0 saturated carbocycles. The summed E-state index contributed by atoms with van der Waals surface area (Å²) >= 11 is 0. The summed E-state index contributed by atoms with van der Waals surface area (Å²) in [6, 6.07) is 11.1. The monoisotopic (exact) mass is 506 g/mol. The predicted octanol–water partition coefficient (Wildman–Crippen LogP) is 3.63. The van der Waals surface area contributed by atoms with Gasteiger partial charge in [-0.15, -0.1) is 5.10 Å². The van der Waals surface area contributed by atoms with Gasteiger partial charge in [0.15, 0.2) is 35.0 Å². The number of rotatable bonds is 6. The van der Waals surface area contributed by atoms with Crippen molar-refractivity contribution in [2.24, 2.45) is 0 Å². The molecule has 13 heteroatoms. The lowest BCUT2D eigenvalue weighted by molar-refractivity contribution is -0.00788. The van der Waals surface area contributed by atoms with Crippen LogP contribution in [0.25, 0.3) is 28.4 Å². The zero-order valence-corrected chi connectivity index (χ0v) is 19.1. The summed E-state index contributed by atoms with van der Waals surface area (Å²) in [6.45, 7) is 1.40. The van der Waals surface area contributed by atoms with Gasteiger partial charge in [0.1, 0.15) is 29.0 Å². The van der Waals surface area contributed by atoms with E-state index in [1.807, 2.05) is 0 Å². The number of aliphatic hydroxyl groups excluding tert-OH is 1. The normalized spacial score (nSPS) is 12.2. The molecule has 0 saturated heterocycles. The predicted molar refractivity (Wildman–Crippen MR) is 124 cm³/mol. The van der Waals surface area contributed by atoms with Gasteiger partial charge in [-0.05, 0) is 24.3 Å². The highest BCUT2D eigenvalue weighted by atomic mass is 19.3. The van der Waals surface area contributed by atoms with Gasteiger partial charge in [-0.1, -0.05) is 12.1 Å². The van der Waals surface area contributed by atoms with Gasteiger partial charge in [-0.25, -0.2) is 32.6 Å². The van der Waals surface area contributed by atoms with Crippen LogP contribution in [-0.2, 0) is 6.42 Å². The number of oxazole rings is 1. The van der Waals surface area contributed by atoms with Crippen molar-refractivity contribution in [2.75, 3.05) is 5.73 Å². The maximum absolute atomic E-state index is 15.3. The summed E-state index contributed by atoms with van der Waals surface area (Å²) in [5, 5.41) is 24.0. The molecule has 186 valence electrons. The van der Waals surface area contributed by atoms with Crippen LogP contribution in [0.15, 0.2) is 47.0 Å². The molecule has 4 aromatic heterocycles. The van der Waals surface area contributed by atoms with E-state index in [4.69, 9.17) is 10.2 Å². The van der Waals surface area contributed by atoms with E-state index >= 15 is 4.39 Å². The van der Waals surface area contributed by atoms with Crippen LogP contribution in [0.1, 0.15) is 34.8 Å². The summed E-state index contributed by atoms with van der Waals surface area (Å²) in [7, 11) is 0. The van der Waals surface area contributed by atoms with Crippen molar-refractivity contribution in [1.29, 1.82) is 5.26 Å². The fourth-order valence-corrected chi connectivity index (χ4v) is 3.87. The number of nitriles is 1. The molecule has 0 aliphatic heterocycles. The number of halogens is 3. The molecular weight excluding hydrogens is 489 g/mol. The number of hydrogen-bond donors (Lipinski definition) is 2. The van der Waals surface area contributed by atoms with E-state index in [9.17, 15) is 19.1 Å². The van der Waals surface area contributed by atoms with Gasteiger partial charge >= 0.3 is 0 Å². The molecule has 0 amide bonds. The van der Waals surface area contributed by atoms with Gasteiger partial charge in [0.2, 0.25) is 0 Å². The molecule has 0 bridgehead atoms. The Kier molecular flexibility index (Phi) is 6.02. The summed E-state index contributed by atoms with van der Waals surface area (Å²) in [5.74, 6) is -1.18. The number of nitrogens with zero attached hydrogens (tertiary/aromatic N) is 7. The smallest absolute Gasteiger partial charge is 0.269 e. The molecular formula is C24H17F3N8O2. The number of fused-ring (bicyclic) bond motifs is 1.